The molecule has 1 unspecified atom stereocenters. The van der Waals surface area contributed by atoms with Gasteiger partial charge in [-0.3, -0.25) is 0 Å². The first-order chi connectivity index (χ1) is 9.47. The summed E-state index contributed by atoms with van der Waals surface area (Å²) in [4.78, 5) is 2.59. The molecule has 1 aliphatic heterocycles. The van der Waals surface area contributed by atoms with E-state index >= 15 is 0 Å². The van der Waals surface area contributed by atoms with Crippen LogP contribution >= 0.6 is 0 Å². The second-order valence-corrected chi connectivity index (χ2v) is 6.96. The van der Waals surface area contributed by atoms with Gasteiger partial charge < -0.3 is 14.4 Å². The molecule has 0 saturated carbocycles. The largest absolute Gasteiger partial charge is 0.353 e. The summed E-state index contributed by atoms with van der Waals surface area (Å²) < 4.78 is 11.3. The van der Waals surface area contributed by atoms with E-state index in [4.69, 9.17) is 9.47 Å². The third kappa shape index (κ3) is 6.55. The van der Waals surface area contributed by atoms with Crippen LogP contribution in [0.15, 0.2) is 0 Å². The van der Waals surface area contributed by atoms with Crippen molar-refractivity contribution in [2.75, 3.05) is 32.8 Å². The highest BCUT2D eigenvalue weighted by Gasteiger charge is 2.27. The second kappa shape index (κ2) is 9.01. The van der Waals surface area contributed by atoms with Gasteiger partial charge >= 0.3 is 0 Å². The minimum absolute atomic E-state index is 0.0216. The Bertz CT molecular complexity index is 244. The summed E-state index contributed by atoms with van der Waals surface area (Å²) in [6.07, 6.45) is 5.00. The van der Waals surface area contributed by atoms with E-state index in [0.717, 1.165) is 32.1 Å². The van der Waals surface area contributed by atoms with Gasteiger partial charge in [0.15, 0.2) is 6.29 Å². The monoisotopic (exact) mass is 285 g/mol. The normalized spacial score (nSPS) is 22.2. The molecule has 1 fully saturated rings. The highest BCUT2D eigenvalue weighted by molar-refractivity contribution is 4.78. The van der Waals surface area contributed by atoms with Gasteiger partial charge in [0, 0.05) is 26.2 Å². The van der Waals surface area contributed by atoms with Crippen molar-refractivity contribution in [1.82, 2.24) is 4.90 Å². The Morgan fingerprint density at radius 1 is 1.05 bits per heavy atom. The lowest BCUT2D eigenvalue weighted by Crippen LogP contribution is -2.31. The van der Waals surface area contributed by atoms with Crippen molar-refractivity contribution in [3.8, 4) is 0 Å². The molecule has 1 heterocycles. The first kappa shape index (κ1) is 17.9. The third-order valence-electron chi connectivity index (χ3n) is 4.43. The lowest BCUT2D eigenvalue weighted by Gasteiger charge is -2.30. The zero-order chi connectivity index (χ0) is 15.0. The van der Waals surface area contributed by atoms with Crippen molar-refractivity contribution in [1.29, 1.82) is 0 Å². The lowest BCUT2D eigenvalue weighted by atomic mass is 9.77. The SMILES string of the molecule is CCOC(CCN1CCCC(C(C)(C)C)CC1)OCC. The zero-order valence-corrected chi connectivity index (χ0v) is 14.3. The minimum Gasteiger partial charge on any atom is -0.353 e. The van der Waals surface area contributed by atoms with Gasteiger partial charge in [-0.05, 0) is 57.5 Å². The molecule has 1 aliphatic rings. The van der Waals surface area contributed by atoms with E-state index in [-0.39, 0.29) is 6.29 Å². The molecule has 1 saturated heterocycles. The maximum Gasteiger partial charge on any atom is 0.158 e. The van der Waals surface area contributed by atoms with E-state index in [1.54, 1.807) is 0 Å². The summed E-state index contributed by atoms with van der Waals surface area (Å²) in [6, 6.07) is 0. The topological polar surface area (TPSA) is 21.7 Å². The molecule has 0 radical (unpaired) electrons. The Labute approximate surface area is 126 Å². The quantitative estimate of drug-likeness (QED) is 0.662. The molecule has 3 nitrogen and oxygen atoms in total. The molecule has 120 valence electrons. The molecule has 0 spiro atoms. The molecule has 0 aromatic rings. The summed E-state index contributed by atoms with van der Waals surface area (Å²) >= 11 is 0. The first-order valence-corrected chi connectivity index (χ1v) is 8.43. The van der Waals surface area contributed by atoms with Crippen LogP contribution in [0.3, 0.4) is 0 Å². The van der Waals surface area contributed by atoms with Crippen LogP contribution < -0.4 is 0 Å². The van der Waals surface area contributed by atoms with Crippen molar-refractivity contribution in [3.05, 3.63) is 0 Å². The van der Waals surface area contributed by atoms with Crippen molar-refractivity contribution in [3.63, 3.8) is 0 Å². The van der Waals surface area contributed by atoms with Crippen LogP contribution in [0.2, 0.25) is 0 Å². The summed E-state index contributed by atoms with van der Waals surface area (Å²) in [5, 5.41) is 0. The maximum atomic E-state index is 5.63. The van der Waals surface area contributed by atoms with Crippen molar-refractivity contribution in [2.24, 2.45) is 11.3 Å². The summed E-state index contributed by atoms with van der Waals surface area (Å²) in [7, 11) is 0. The number of nitrogens with zero attached hydrogens (tertiary/aromatic N) is 1. The molecule has 0 bridgehead atoms. The minimum atomic E-state index is -0.0216. The van der Waals surface area contributed by atoms with Crippen molar-refractivity contribution >= 4 is 0 Å². The number of hydrogen-bond donors (Lipinski definition) is 0. The van der Waals surface area contributed by atoms with Crippen LogP contribution in [-0.2, 0) is 9.47 Å². The fourth-order valence-corrected chi connectivity index (χ4v) is 3.12. The predicted molar refractivity (Wildman–Crippen MR) is 84.9 cm³/mol. The average Bonchev–Trinajstić information content (AvgIpc) is 2.61. The number of hydrogen-bond acceptors (Lipinski definition) is 3. The van der Waals surface area contributed by atoms with Gasteiger partial charge in [0.2, 0.25) is 0 Å². The Kier molecular flexibility index (Phi) is 8.08. The van der Waals surface area contributed by atoms with Gasteiger partial charge in [0.1, 0.15) is 0 Å². The van der Waals surface area contributed by atoms with Gasteiger partial charge in [0.05, 0.1) is 0 Å². The van der Waals surface area contributed by atoms with Gasteiger partial charge in [-0.1, -0.05) is 20.8 Å². The standard InChI is InChI=1S/C17H35NO2/c1-6-19-16(20-7-2)11-14-18-12-8-9-15(10-13-18)17(3,4)5/h15-16H,6-14H2,1-5H3. The molecule has 0 N–H and O–H groups in total. The maximum absolute atomic E-state index is 5.63. The smallest absolute Gasteiger partial charge is 0.158 e. The first-order valence-electron chi connectivity index (χ1n) is 8.43. The molecule has 0 aromatic carbocycles. The number of rotatable bonds is 7. The fraction of sp³-hybridized carbons (Fsp3) is 1.00. The van der Waals surface area contributed by atoms with Crippen LogP contribution in [0.5, 0.6) is 0 Å². The molecule has 0 amide bonds. The zero-order valence-electron chi connectivity index (χ0n) is 14.3. The molecule has 0 aliphatic carbocycles. The van der Waals surface area contributed by atoms with Crippen molar-refractivity contribution in [2.45, 2.75) is 66.6 Å². The number of likely N-dealkylation sites (tertiary alicyclic amines) is 1. The highest BCUT2D eigenvalue weighted by atomic mass is 16.7. The summed E-state index contributed by atoms with van der Waals surface area (Å²) in [5.41, 5.74) is 0.454. The Morgan fingerprint density at radius 2 is 1.70 bits per heavy atom. The van der Waals surface area contributed by atoms with E-state index in [1.807, 2.05) is 13.8 Å². The molecule has 3 heteroatoms. The van der Waals surface area contributed by atoms with Crippen LogP contribution in [0, 0.1) is 11.3 Å². The average molecular weight is 285 g/mol. The Balaban J connectivity index is 2.34. The molecular weight excluding hydrogens is 250 g/mol. The van der Waals surface area contributed by atoms with Crippen molar-refractivity contribution < 1.29 is 9.47 Å². The van der Waals surface area contributed by atoms with E-state index < -0.39 is 0 Å². The third-order valence-corrected chi connectivity index (χ3v) is 4.43. The van der Waals surface area contributed by atoms with E-state index in [1.165, 1.54) is 32.4 Å². The van der Waals surface area contributed by atoms with Gasteiger partial charge in [-0.15, -0.1) is 0 Å². The fourth-order valence-electron chi connectivity index (χ4n) is 3.12. The Morgan fingerprint density at radius 3 is 2.25 bits per heavy atom. The number of ether oxygens (including phenoxy) is 2. The molecule has 1 rings (SSSR count). The second-order valence-electron chi connectivity index (χ2n) is 6.96. The Hall–Kier alpha value is -0.120. The molecular formula is C17H35NO2. The predicted octanol–water partition coefficient (Wildman–Crippen LogP) is 3.92. The lowest BCUT2D eigenvalue weighted by molar-refractivity contribution is -0.141. The van der Waals surface area contributed by atoms with Gasteiger partial charge in [-0.2, -0.15) is 0 Å². The van der Waals surface area contributed by atoms with Crippen LogP contribution in [-0.4, -0.2) is 44.0 Å². The highest BCUT2D eigenvalue weighted by Crippen LogP contribution is 2.34. The molecule has 0 aromatic heterocycles. The van der Waals surface area contributed by atoms with Gasteiger partial charge in [-0.25, -0.2) is 0 Å². The molecule has 1 atom stereocenters. The van der Waals surface area contributed by atoms with E-state index in [9.17, 15) is 0 Å². The van der Waals surface area contributed by atoms with Crippen LogP contribution in [0.4, 0.5) is 0 Å². The van der Waals surface area contributed by atoms with Crippen LogP contribution in [0.25, 0.3) is 0 Å². The van der Waals surface area contributed by atoms with E-state index in [0.29, 0.717) is 5.41 Å². The van der Waals surface area contributed by atoms with Gasteiger partial charge in [0.25, 0.3) is 0 Å². The molecule has 20 heavy (non-hydrogen) atoms. The van der Waals surface area contributed by atoms with Crippen LogP contribution in [0.1, 0.15) is 60.3 Å². The summed E-state index contributed by atoms with van der Waals surface area (Å²) in [5.74, 6) is 0.863. The summed E-state index contributed by atoms with van der Waals surface area (Å²) in [6.45, 7) is 16.2. The van der Waals surface area contributed by atoms with E-state index in [2.05, 4.69) is 25.7 Å².